The van der Waals surface area contributed by atoms with Gasteiger partial charge in [0.25, 0.3) is 5.91 Å². The van der Waals surface area contributed by atoms with Crippen LogP contribution in [-0.2, 0) is 9.59 Å². The lowest BCUT2D eigenvalue weighted by Crippen LogP contribution is -2.59. The molecule has 3 heterocycles. The second-order valence-corrected chi connectivity index (χ2v) is 11.9. The molecule has 0 bridgehead atoms. The number of likely N-dealkylation sites (tertiary alicyclic amines) is 2. The maximum Gasteiger partial charge on any atom is 0.257 e. The van der Waals surface area contributed by atoms with Crippen LogP contribution in [0.5, 0.6) is 5.75 Å². The molecule has 1 N–H and O–H groups in total. The molecule has 2 aliphatic heterocycles. The molecule has 10 heteroatoms. The Morgan fingerprint density at radius 2 is 2.00 bits per heavy atom. The van der Waals surface area contributed by atoms with Crippen molar-refractivity contribution < 1.29 is 19.1 Å². The molecule has 5 rings (SSSR count). The van der Waals surface area contributed by atoms with E-state index in [1.54, 1.807) is 18.2 Å². The van der Waals surface area contributed by atoms with Gasteiger partial charge in [0.05, 0.1) is 23.1 Å². The summed E-state index contributed by atoms with van der Waals surface area (Å²) in [5.41, 5.74) is 1.51. The van der Waals surface area contributed by atoms with Crippen molar-refractivity contribution in [3.05, 3.63) is 42.1 Å². The van der Waals surface area contributed by atoms with Crippen molar-refractivity contribution in [2.24, 2.45) is 11.3 Å². The van der Waals surface area contributed by atoms with E-state index in [1.165, 1.54) is 29.2 Å². The summed E-state index contributed by atoms with van der Waals surface area (Å²) in [5.74, 6) is 0.603. The summed E-state index contributed by atoms with van der Waals surface area (Å²) in [4.78, 5) is 46.3. The number of carbonyl (C=O) groups excluding carboxylic acids is 3. The number of carbonyl (C=O) groups is 3. The van der Waals surface area contributed by atoms with Crippen LogP contribution in [0.3, 0.4) is 0 Å². The number of methoxy groups -OCH3 is 1. The Balaban J connectivity index is 1.29. The Bertz CT molecular complexity index is 1200. The van der Waals surface area contributed by atoms with Crippen LogP contribution in [0.15, 0.2) is 40.1 Å². The highest BCUT2D eigenvalue weighted by molar-refractivity contribution is 8.01. The van der Waals surface area contributed by atoms with Gasteiger partial charge >= 0.3 is 0 Å². The molecule has 1 aromatic carbocycles. The number of amides is 3. The van der Waals surface area contributed by atoms with Crippen LogP contribution in [0.4, 0.5) is 5.13 Å². The Morgan fingerprint density at radius 1 is 1.26 bits per heavy atom. The molecule has 8 nitrogen and oxygen atoms in total. The first-order chi connectivity index (χ1) is 16.8. The third kappa shape index (κ3) is 4.81. The number of hydrogen-bond acceptors (Lipinski definition) is 7. The van der Waals surface area contributed by atoms with Gasteiger partial charge in [0.1, 0.15) is 5.75 Å². The summed E-state index contributed by atoms with van der Waals surface area (Å²) in [6.45, 7) is 8.16. The quantitative estimate of drug-likeness (QED) is 0.567. The number of benzene rings is 1. The highest BCUT2D eigenvalue weighted by Gasteiger charge is 2.50. The molecule has 1 spiro atoms. The smallest absolute Gasteiger partial charge is 0.257 e. The molecule has 2 saturated heterocycles. The van der Waals surface area contributed by atoms with Crippen LogP contribution in [0.1, 0.15) is 35.2 Å². The van der Waals surface area contributed by atoms with E-state index in [4.69, 9.17) is 4.74 Å². The predicted octanol–water partition coefficient (Wildman–Crippen LogP) is 3.82. The zero-order chi connectivity index (χ0) is 24.7. The van der Waals surface area contributed by atoms with Gasteiger partial charge in [0.15, 0.2) is 5.13 Å². The predicted molar refractivity (Wildman–Crippen MR) is 135 cm³/mol. The fourth-order valence-electron chi connectivity index (χ4n) is 4.72. The summed E-state index contributed by atoms with van der Waals surface area (Å²) in [5, 5.41) is 3.48. The molecular formula is C25H28N4O4S2. The first-order valence-electron chi connectivity index (χ1n) is 11.6. The van der Waals surface area contributed by atoms with E-state index in [-0.39, 0.29) is 29.1 Å². The number of hydrogen-bond donors (Lipinski definition) is 1. The van der Waals surface area contributed by atoms with Gasteiger partial charge in [-0.05, 0) is 50.0 Å². The van der Waals surface area contributed by atoms with E-state index in [0.717, 1.165) is 33.9 Å². The van der Waals surface area contributed by atoms with Crippen molar-refractivity contribution >= 4 is 46.0 Å². The van der Waals surface area contributed by atoms with E-state index in [2.05, 4.69) is 16.9 Å². The Morgan fingerprint density at radius 3 is 2.69 bits per heavy atom. The highest BCUT2D eigenvalue weighted by atomic mass is 32.2. The Labute approximate surface area is 212 Å². The second-order valence-electron chi connectivity index (χ2n) is 9.54. The van der Waals surface area contributed by atoms with Gasteiger partial charge in [-0.2, -0.15) is 0 Å². The number of thiazole rings is 1. The lowest BCUT2D eigenvalue weighted by molar-refractivity contribution is -0.137. The van der Waals surface area contributed by atoms with E-state index in [0.29, 0.717) is 42.6 Å². The molecule has 0 unspecified atom stereocenters. The third-order valence-corrected chi connectivity index (χ3v) is 9.04. The van der Waals surface area contributed by atoms with Crippen LogP contribution in [-0.4, -0.2) is 65.8 Å². The molecule has 35 heavy (non-hydrogen) atoms. The average Bonchev–Trinajstić information content (AvgIpc) is 3.44. The zero-order valence-corrected chi connectivity index (χ0v) is 21.5. The minimum absolute atomic E-state index is 0.0201. The number of ether oxygens (including phenoxy) is 1. The first-order valence-corrected chi connectivity index (χ1v) is 13.3. The van der Waals surface area contributed by atoms with Gasteiger partial charge in [-0.15, -0.1) is 0 Å². The van der Waals surface area contributed by atoms with Crippen molar-refractivity contribution in [2.75, 3.05) is 38.6 Å². The number of anilines is 1. The minimum Gasteiger partial charge on any atom is -0.496 e. The van der Waals surface area contributed by atoms with Crippen LogP contribution in [0.25, 0.3) is 0 Å². The molecule has 2 aromatic rings. The number of aryl methyl sites for hydroxylation is 1. The minimum atomic E-state index is -0.0595. The van der Waals surface area contributed by atoms with Crippen molar-refractivity contribution in [3.63, 3.8) is 0 Å². The molecule has 1 saturated carbocycles. The van der Waals surface area contributed by atoms with Gasteiger partial charge in [-0.1, -0.05) is 29.7 Å². The maximum absolute atomic E-state index is 13.5. The fraction of sp³-hybridized carbons (Fsp3) is 0.440. The molecule has 0 atom stereocenters. The summed E-state index contributed by atoms with van der Waals surface area (Å²) in [6.07, 6.45) is 5.87. The SMILES string of the molecule is C=CC(=O)N1CC2(CCN(C(=O)c3cc(Sc4cnc(NC(=O)C5CC5)s4)c(C)cc3OC)C2)C1. The molecule has 3 amide bonds. The molecular weight excluding hydrogens is 484 g/mol. The van der Waals surface area contributed by atoms with Gasteiger partial charge in [0.2, 0.25) is 11.8 Å². The fourth-order valence-corrected chi connectivity index (χ4v) is 6.66. The Kier molecular flexibility index (Phi) is 6.35. The molecule has 1 aliphatic carbocycles. The van der Waals surface area contributed by atoms with Gasteiger partial charge < -0.3 is 19.9 Å². The standard InChI is InChI=1S/C25H28N4O4S2/c1-4-20(30)29-13-25(14-29)7-8-28(12-25)23(32)17-10-19(15(2)9-18(17)33-3)34-21-11-26-24(35-21)27-22(31)16-5-6-16/h4,9-11,16H,1,5-8,12-14H2,2-3H3,(H,26,27,31). The molecule has 3 fully saturated rings. The van der Waals surface area contributed by atoms with E-state index in [9.17, 15) is 14.4 Å². The summed E-state index contributed by atoms with van der Waals surface area (Å²) in [7, 11) is 1.58. The third-order valence-electron chi connectivity index (χ3n) is 6.87. The Hall–Kier alpha value is -2.85. The highest BCUT2D eigenvalue weighted by Crippen LogP contribution is 2.42. The lowest BCUT2D eigenvalue weighted by Gasteiger charge is -2.47. The van der Waals surface area contributed by atoms with Gasteiger partial charge in [0, 0.05) is 42.4 Å². The lowest BCUT2D eigenvalue weighted by atomic mass is 9.79. The number of nitrogens with zero attached hydrogens (tertiary/aromatic N) is 3. The van der Waals surface area contributed by atoms with E-state index in [1.807, 2.05) is 24.0 Å². The monoisotopic (exact) mass is 512 g/mol. The van der Waals surface area contributed by atoms with Crippen molar-refractivity contribution in [1.82, 2.24) is 14.8 Å². The normalized spacial score (nSPS) is 18.3. The molecule has 0 radical (unpaired) electrons. The maximum atomic E-state index is 13.5. The van der Waals surface area contributed by atoms with E-state index < -0.39 is 0 Å². The number of aromatic nitrogens is 1. The second kappa shape index (κ2) is 9.31. The van der Waals surface area contributed by atoms with Crippen LogP contribution >= 0.6 is 23.1 Å². The molecule has 184 valence electrons. The summed E-state index contributed by atoms with van der Waals surface area (Å²) in [6, 6.07) is 3.79. The molecule has 1 aromatic heterocycles. The van der Waals surface area contributed by atoms with Crippen molar-refractivity contribution in [1.29, 1.82) is 0 Å². The largest absolute Gasteiger partial charge is 0.496 e. The van der Waals surface area contributed by atoms with Gasteiger partial charge in [-0.25, -0.2) is 4.98 Å². The zero-order valence-electron chi connectivity index (χ0n) is 19.8. The van der Waals surface area contributed by atoms with E-state index >= 15 is 0 Å². The number of rotatable bonds is 7. The van der Waals surface area contributed by atoms with Crippen LogP contribution in [0, 0.1) is 18.3 Å². The summed E-state index contributed by atoms with van der Waals surface area (Å²) < 4.78 is 6.50. The van der Waals surface area contributed by atoms with Crippen molar-refractivity contribution in [2.45, 2.75) is 35.3 Å². The average molecular weight is 513 g/mol. The van der Waals surface area contributed by atoms with Gasteiger partial charge in [-0.3, -0.25) is 14.4 Å². The molecule has 3 aliphatic rings. The van der Waals surface area contributed by atoms with Crippen LogP contribution in [0.2, 0.25) is 0 Å². The number of nitrogens with one attached hydrogen (secondary N) is 1. The topological polar surface area (TPSA) is 91.8 Å². The first kappa shape index (κ1) is 23.9. The van der Waals surface area contributed by atoms with Crippen molar-refractivity contribution in [3.8, 4) is 5.75 Å². The van der Waals surface area contributed by atoms with Crippen LogP contribution < -0.4 is 10.1 Å². The summed E-state index contributed by atoms with van der Waals surface area (Å²) >= 11 is 2.95.